The van der Waals surface area contributed by atoms with Crippen molar-refractivity contribution in [3.8, 4) is 10.4 Å². The highest BCUT2D eigenvalue weighted by atomic mass is 35.5. The van der Waals surface area contributed by atoms with Crippen molar-refractivity contribution >= 4 is 57.3 Å². The van der Waals surface area contributed by atoms with Gasteiger partial charge in [-0.3, -0.25) is 0 Å². The maximum Gasteiger partial charge on any atom is 0.124 e. The highest BCUT2D eigenvalue weighted by Gasteiger charge is 2.17. The number of rotatable bonds is 3. The van der Waals surface area contributed by atoms with Crippen molar-refractivity contribution in [3.05, 3.63) is 33.1 Å². The van der Waals surface area contributed by atoms with E-state index in [2.05, 4.69) is 33.1 Å². The Hall–Kier alpha value is -0.720. The molecule has 2 heterocycles. The molecule has 0 saturated heterocycles. The molecule has 0 radical (unpaired) electrons. The molecule has 20 heavy (non-hydrogen) atoms. The van der Waals surface area contributed by atoms with Crippen molar-refractivity contribution in [2.45, 2.75) is 13.0 Å². The molecule has 7 heteroatoms. The zero-order valence-electron chi connectivity index (χ0n) is 10.8. The van der Waals surface area contributed by atoms with Crippen LogP contribution in [0, 0.1) is 0 Å². The second-order valence-corrected chi connectivity index (χ2v) is 6.85. The first-order chi connectivity index (χ1) is 9.61. The third-order valence-electron chi connectivity index (χ3n) is 3.18. The lowest BCUT2D eigenvalue weighted by Crippen LogP contribution is -2.10. The van der Waals surface area contributed by atoms with Crippen LogP contribution in [0.4, 0.5) is 0 Å². The number of fused-ring (bicyclic) bond motifs is 1. The van der Waals surface area contributed by atoms with Gasteiger partial charge in [0.15, 0.2) is 0 Å². The summed E-state index contributed by atoms with van der Waals surface area (Å²) < 4.78 is 8.58. The number of halogens is 2. The second kappa shape index (κ2) is 5.58. The lowest BCUT2D eigenvalue weighted by Gasteiger charge is -2.06. The molecule has 0 fully saturated rings. The van der Waals surface area contributed by atoms with Gasteiger partial charge in [0, 0.05) is 21.4 Å². The minimum Gasteiger partial charge on any atom is -0.313 e. The monoisotopic (exact) mass is 343 g/mol. The Labute approximate surface area is 134 Å². The molecule has 0 aliphatic carbocycles. The quantitative estimate of drug-likeness (QED) is 0.726. The van der Waals surface area contributed by atoms with Crippen LogP contribution in [-0.2, 0) is 0 Å². The van der Waals surface area contributed by atoms with Crippen molar-refractivity contribution in [2.24, 2.45) is 0 Å². The number of benzene rings is 1. The zero-order valence-corrected chi connectivity index (χ0v) is 13.9. The van der Waals surface area contributed by atoms with Crippen LogP contribution >= 0.6 is 46.3 Å². The van der Waals surface area contributed by atoms with E-state index in [1.807, 2.05) is 7.05 Å². The van der Waals surface area contributed by atoms with Crippen molar-refractivity contribution in [2.75, 3.05) is 7.05 Å². The smallest absolute Gasteiger partial charge is 0.124 e. The number of aromatic nitrogens is 2. The largest absolute Gasteiger partial charge is 0.313 e. The van der Waals surface area contributed by atoms with Crippen LogP contribution in [0.25, 0.3) is 21.5 Å². The fourth-order valence-electron chi connectivity index (χ4n) is 1.97. The van der Waals surface area contributed by atoms with Gasteiger partial charge in [0.2, 0.25) is 0 Å². The summed E-state index contributed by atoms with van der Waals surface area (Å²) in [7, 11) is 1.95. The average Bonchev–Trinajstić information content (AvgIpc) is 3.07. The number of nitrogens with one attached hydrogen (secondary N) is 1. The molecule has 0 aliphatic rings. The Morgan fingerprint density at radius 3 is 2.65 bits per heavy atom. The first-order valence-corrected chi connectivity index (χ1v) is 8.29. The van der Waals surface area contributed by atoms with Gasteiger partial charge in [0.05, 0.1) is 21.8 Å². The van der Waals surface area contributed by atoms with E-state index >= 15 is 0 Å². The number of nitrogens with zero attached hydrogens (tertiary/aromatic N) is 2. The van der Waals surface area contributed by atoms with E-state index < -0.39 is 0 Å². The van der Waals surface area contributed by atoms with Crippen LogP contribution in [0.5, 0.6) is 0 Å². The molecule has 0 aliphatic heterocycles. The molecule has 1 unspecified atom stereocenters. The zero-order chi connectivity index (χ0) is 14.3. The molecule has 104 valence electrons. The lowest BCUT2D eigenvalue weighted by atomic mass is 10.1. The standard InChI is InChI=1S/C13H11Cl2N3S2/c1-6(16-2)9-3-4-10(19-9)11-7(14)5-8(15)12-13(11)18-20-17-12/h3-6,16H,1-2H3. The van der Waals surface area contributed by atoms with Crippen LogP contribution in [0.1, 0.15) is 17.8 Å². The predicted molar refractivity (Wildman–Crippen MR) is 88.2 cm³/mol. The van der Waals surface area contributed by atoms with Crippen LogP contribution in [-0.4, -0.2) is 15.8 Å². The van der Waals surface area contributed by atoms with Crippen LogP contribution in [0.15, 0.2) is 18.2 Å². The van der Waals surface area contributed by atoms with E-state index in [9.17, 15) is 0 Å². The van der Waals surface area contributed by atoms with Crippen LogP contribution in [0.3, 0.4) is 0 Å². The predicted octanol–water partition coefficient (Wildman–Crippen LogP) is 5.01. The fourth-order valence-corrected chi connectivity index (χ4v) is 4.37. The Bertz CT molecular complexity index is 766. The van der Waals surface area contributed by atoms with Gasteiger partial charge in [-0.1, -0.05) is 23.2 Å². The van der Waals surface area contributed by atoms with E-state index in [4.69, 9.17) is 23.2 Å². The molecule has 3 nitrogen and oxygen atoms in total. The summed E-state index contributed by atoms with van der Waals surface area (Å²) in [6.07, 6.45) is 0. The van der Waals surface area contributed by atoms with Gasteiger partial charge in [0.1, 0.15) is 11.0 Å². The van der Waals surface area contributed by atoms with Crippen molar-refractivity contribution in [3.63, 3.8) is 0 Å². The van der Waals surface area contributed by atoms with Gasteiger partial charge in [-0.25, -0.2) is 0 Å². The summed E-state index contributed by atoms with van der Waals surface area (Å²) in [6, 6.07) is 6.23. The molecule has 1 aromatic carbocycles. The van der Waals surface area contributed by atoms with E-state index in [1.165, 1.54) is 4.88 Å². The third kappa shape index (κ3) is 2.34. The molecular weight excluding hydrogens is 333 g/mol. The van der Waals surface area contributed by atoms with E-state index in [0.29, 0.717) is 21.6 Å². The maximum atomic E-state index is 6.37. The average molecular weight is 344 g/mol. The normalized spacial score (nSPS) is 13.0. The molecule has 3 aromatic rings. The first kappa shape index (κ1) is 14.2. The third-order valence-corrected chi connectivity index (χ3v) is 5.58. The molecular formula is C13H11Cl2N3S2. The van der Waals surface area contributed by atoms with Gasteiger partial charge < -0.3 is 5.32 Å². The minimum absolute atomic E-state index is 0.309. The van der Waals surface area contributed by atoms with E-state index in [-0.39, 0.29) is 0 Å². The van der Waals surface area contributed by atoms with Gasteiger partial charge in [0.25, 0.3) is 0 Å². The minimum atomic E-state index is 0.309. The summed E-state index contributed by atoms with van der Waals surface area (Å²) in [6.45, 7) is 2.12. The molecule has 0 saturated carbocycles. The molecule has 0 amide bonds. The highest BCUT2D eigenvalue weighted by Crippen LogP contribution is 2.41. The molecule has 0 bridgehead atoms. The topological polar surface area (TPSA) is 37.8 Å². The Morgan fingerprint density at radius 2 is 1.90 bits per heavy atom. The van der Waals surface area contributed by atoms with E-state index in [0.717, 1.165) is 27.7 Å². The van der Waals surface area contributed by atoms with Gasteiger partial charge >= 0.3 is 0 Å². The van der Waals surface area contributed by atoms with Crippen molar-refractivity contribution in [1.29, 1.82) is 0 Å². The lowest BCUT2D eigenvalue weighted by molar-refractivity contribution is 0.664. The number of thiophene rings is 1. The van der Waals surface area contributed by atoms with Crippen LogP contribution in [0.2, 0.25) is 10.0 Å². The molecule has 1 N–H and O–H groups in total. The number of hydrogen-bond donors (Lipinski definition) is 1. The van der Waals surface area contributed by atoms with Crippen molar-refractivity contribution < 1.29 is 0 Å². The maximum absolute atomic E-state index is 6.37. The van der Waals surface area contributed by atoms with E-state index in [1.54, 1.807) is 17.4 Å². The summed E-state index contributed by atoms with van der Waals surface area (Å²) in [5.74, 6) is 0. The summed E-state index contributed by atoms with van der Waals surface area (Å²) in [4.78, 5) is 2.34. The Kier molecular flexibility index (Phi) is 3.97. The molecule has 2 aromatic heterocycles. The van der Waals surface area contributed by atoms with Crippen molar-refractivity contribution in [1.82, 2.24) is 14.1 Å². The highest BCUT2D eigenvalue weighted by molar-refractivity contribution is 7.15. The van der Waals surface area contributed by atoms with Gasteiger partial charge in [-0.2, -0.15) is 8.75 Å². The fraction of sp³-hybridized carbons (Fsp3) is 0.231. The van der Waals surface area contributed by atoms with Gasteiger partial charge in [-0.15, -0.1) is 11.3 Å². The summed E-state index contributed by atoms with van der Waals surface area (Å²) in [5, 5.41) is 4.39. The molecule has 0 spiro atoms. The molecule has 3 rings (SSSR count). The molecule has 1 atom stereocenters. The first-order valence-electron chi connectivity index (χ1n) is 5.99. The Morgan fingerprint density at radius 1 is 1.15 bits per heavy atom. The van der Waals surface area contributed by atoms with Crippen LogP contribution < -0.4 is 5.32 Å². The Balaban J connectivity index is 2.19. The summed E-state index contributed by atoms with van der Waals surface area (Å²) >= 11 is 15.4. The summed E-state index contributed by atoms with van der Waals surface area (Å²) in [5.41, 5.74) is 2.41. The SMILES string of the molecule is CNC(C)c1ccc(-c2c(Cl)cc(Cl)c3nsnc23)s1. The second-order valence-electron chi connectivity index (χ2n) is 4.39. The number of hydrogen-bond acceptors (Lipinski definition) is 5. The van der Waals surface area contributed by atoms with Gasteiger partial charge in [-0.05, 0) is 32.2 Å².